The molecule has 2 atom stereocenters. The molecule has 3 rings (SSSR count). The van der Waals surface area contributed by atoms with Crippen LogP contribution < -0.4 is 5.32 Å². The Hall–Kier alpha value is -1.62. The summed E-state index contributed by atoms with van der Waals surface area (Å²) in [6.07, 6.45) is 10.3. The summed E-state index contributed by atoms with van der Waals surface area (Å²) in [5.74, 6) is 0. The smallest absolute Gasteiger partial charge is 0.0954 e. The molecule has 0 radical (unpaired) electrons. The van der Waals surface area contributed by atoms with E-state index in [9.17, 15) is 0 Å². The van der Waals surface area contributed by atoms with Gasteiger partial charge in [-0.15, -0.1) is 0 Å². The van der Waals surface area contributed by atoms with Crippen molar-refractivity contribution in [3.05, 3.63) is 24.9 Å². The maximum absolute atomic E-state index is 4.36. The Balaban J connectivity index is 1.93. The lowest BCUT2D eigenvalue weighted by Crippen LogP contribution is -2.40. The number of rotatable bonds is 3. The van der Waals surface area contributed by atoms with E-state index in [4.69, 9.17) is 0 Å². The van der Waals surface area contributed by atoms with Gasteiger partial charge in [0.1, 0.15) is 0 Å². The highest BCUT2D eigenvalue weighted by Crippen LogP contribution is 2.28. The van der Waals surface area contributed by atoms with E-state index >= 15 is 0 Å². The number of piperidine rings is 1. The third-order valence-corrected chi connectivity index (χ3v) is 4.00. The van der Waals surface area contributed by atoms with Gasteiger partial charge >= 0.3 is 0 Å². The molecule has 19 heavy (non-hydrogen) atoms. The molecule has 0 saturated carbocycles. The largest absolute Gasteiger partial charge is 0.326 e. The Morgan fingerprint density at radius 1 is 1.42 bits per heavy atom. The van der Waals surface area contributed by atoms with Crippen LogP contribution in [0.15, 0.2) is 24.9 Å². The van der Waals surface area contributed by atoms with Crippen molar-refractivity contribution in [3.63, 3.8) is 0 Å². The normalized spacial score (nSPS) is 23.7. The van der Waals surface area contributed by atoms with Crippen LogP contribution in [0, 0.1) is 0 Å². The number of hydrogen-bond acceptors (Lipinski definition) is 3. The predicted octanol–water partition coefficient (Wildman–Crippen LogP) is 2.08. The molecule has 0 spiro atoms. The fourth-order valence-corrected chi connectivity index (χ4v) is 2.87. The van der Waals surface area contributed by atoms with Crippen molar-refractivity contribution in [2.75, 3.05) is 6.54 Å². The van der Waals surface area contributed by atoms with Gasteiger partial charge in [-0.25, -0.2) is 4.98 Å². The van der Waals surface area contributed by atoms with Gasteiger partial charge in [-0.2, -0.15) is 5.10 Å². The highest BCUT2D eigenvalue weighted by Gasteiger charge is 2.24. The first-order valence-corrected chi connectivity index (χ1v) is 7.07. The molecule has 1 fully saturated rings. The second-order valence-electron chi connectivity index (χ2n) is 5.22. The van der Waals surface area contributed by atoms with Gasteiger partial charge in [0.05, 0.1) is 30.5 Å². The molecule has 2 aromatic rings. The third kappa shape index (κ3) is 2.30. The standard InChI is InChI=1S/C14H21N5/c1-3-18-9-12(7-17-18)14-8-15-10-19(14)13-5-4-6-16-11(13)2/h7-11,13,16H,3-6H2,1-2H3. The molecule has 5 nitrogen and oxygen atoms in total. The van der Waals surface area contributed by atoms with E-state index in [1.807, 2.05) is 23.4 Å². The van der Waals surface area contributed by atoms with Gasteiger partial charge in [-0.1, -0.05) is 0 Å². The monoisotopic (exact) mass is 259 g/mol. The maximum atomic E-state index is 4.36. The van der Waals surface area contributed by atoms with Crippen molar-refractivity contribution in [2.24, 2.45) is 0 Å². The lowest BCUT2D eigenvalue weighted by atomic mass is 9.99. The fraction of sp³-hybridized carbons (Fsp3) is 0.571. The summed E-state index contributed by atoms with van der Waals surface area (Å²) in [6, 6.07) is 0.971. The molecule has 0 aromatic carbocycles. The van der Waals surface area contributed by atoms with Crippen LogP contribution in [-0.2, 0) is 6.54 Å². The summed E-state index contributed by atoms with van der Waals surface area (Å²) in [5, 5.41) is 7.90. The predicted molar refractivity (Wildman–Crippen MR) is 74.9 cm³/mol. The maximum Gasteiger partial charge on any atom is 0.0954 e. The molecule has 1 saturated heterocycles. The van der Waals surface area contributed by atoms with Gasteiger partial charge < -0.3 is 9.88 Å². The average Bonchev–Trinajstić information content (AvgIpc) is 3.07. The van der Waals surface area contributed by atoms with Gasteiger partial charge in [-0.3, -0.25) is 4.68 Å². The van der Waals surface area contributed by atoms with Crippen LogP contribution in [-0.4, -0.2) is 31.9 Å². The molecule has 0 bridgehead atoms. The fourth-order valence-electron chi connectivity index (χ4n) is 2.87. The molecular formula is C14H21N5. The van der Waals surface area contributed by atoms with Gasteiger partial charge in [0.2, 0.25) is 0 Å². The Kier molecular flexibility index (Phi) is 3.38. The summed E-state index contributed by atoms with van der Waals surface area (Å²) in [6.45, 7) is 6.37. The first-order valence-electron chi connectivity index (χ1n) is 7.07. The van der Waals surface area contributed by atoms with Crippen molar-refractivity contribution in [3.8, 4) is 11.3 Å². The van der Waals surface area contributed by atoms with E-state index in [0.29, 0.717) is 12.1 Å². The van der Waals surface area contributed by atoms with Gasteiger partial charge in [-0.05, 0) is 33.2 Å². The molecule has 0 aliphatic carbocycles. The van der Waals surface area contributed by atoms with Crippen LogP contribution in [0.3, 0.4) is 0 Å². The zero-order valence-electron chi connectivity index (χ0n) is 11.6. The Morgan fingerprint density at radius 2 is 2.32 bits per heavy atom. The Morgan fingerprint density at radius 3 is 3.05 bits per heavy atom. The van der Waals surface area contributed by atoms with Crippen LogP contribution in [0.25, 0.3) is 11.3 Å². The zero-order chi connectivity index (χ0) is 13.2. The quantitative estimate of drug-likeness (QED) is 0.918. The molecule has 2 unspecified atom stereocenters. The van der Waals surface area contributed by atoms with E-state index in [1.165, 1.54) is 18.5 Å². The number of nitrogens with one attached hydrogen (secondary N) is 1. The van der Waals surface area contributed by atoms with Crippen LogP contribution in [0.4, 0.5) is 0 Å². The van der Waals surface area contributed by atoms with Crippen LogP contribution in [0.2, 0.25) is 0 Å². The average molecular weight is 259 g/mol. The van der Waals surface area contributed by atoms with Crippen molar-refractivity contribution in [1.29, 1.82) is 0 Å². The zero-order valence-corrected chi connectivity index (χ0v) is 11.6. The lowest BCUT2D eigenvalue weighted by Gasteiger charge is -2.32. The molecule has 5 heteroatoms. The number of aromatic nitrogens is 4. The third-order valence-electron chi connectivity index (χ3n) is 4.00. The molecule has 1 aliphatic heterocycles. The summed E-state index contributed by atoms with van der Waals surface area (Å²) in [5.41, 5.74) is 2.32. The van der Waals surface area contributed by atoms with Crippen LogP contribution in [0.5, 0.6) is 0 Å². The number of nitrogens with zero attached hydrogens (tertiary/aromatic N) is 4. The second-order valence-corrected chi connectivity index (χ2v) is 5.22. The van der Waals surface area contributed by atoms with E-state index in [2.05, 4.69) is 40.0 Å². The minimum absolute atomic E-state index is 0.483. The van der Waals surface area contributed by atoms with E-state index in [-0.39, 0.29) is 0 Å². The van der Waals surface area contributed by atoms with Crippen molar-refractivity contribution in [2.45, 2.75) is 45.3 Å². The molecule has 0 amide bonds. The summed E-state index contributed by atoms with van der Waals surface area (Å²) >= 11 is 0. The van der Waals surface area contributed by atoms with Gasteiger partial charge in [0.15, 0.2) is 0 Å². The number of imidazole rings is 1. The molecule has 1 N–H and O–H groups in total. The first kappa shape index (κ1) is 12.4. The first-order chi connectivity index (χ1) is 9.29. The molecule has 1 aliphatic rings. The highest BCUT2D eigenvalue weighted by molar-refractivity contribution is 5.56. The SMILES string of the molecule is CCn1cc(-c2cncn2C2CCCNC2C)cn1. The van der Waals surface area contributed by atoms with Gasteiger partial charge in [0, 0.05) is 24.3 Å². The van der Waals surface area contributed by atoms with Crippen molar-refractivity contribution >= 4 is 0 Å². The van der Waals surface area contributed by atoms with E-state index < -0.39 is 0 Å². The summed E-state index contributed by atoms with van der Waals surface area (Å²) in [7, 11) is 0. The van der Waals surface area contributed by atoms with E-state index in [1.54, 1.807) is 0 Å². The number of aryl methyl sites for hydroxylation is 1. The molecule has 3 heterocycles. The Bertz CT molecular complexity index is 542. The minimum Gasteiger partial charge on any atom is -0.326 e. The van der Waals surface area contributed by atoms with Crippen molar-refractivity contribution < 1.29 is 0 Å². The highest BCUT2D eigenvalue weighted by atomic mass is 15.3. The van der Waals surface area contributed by atoms with E-state index in [0.717, 1.165) is 18.7 Å². The number of hydrogen-bond donors (Lipinski definition) is 1. The van der Waals surface area contributed by atoms with Crippen LogP contribution >= 0.6 is 0 Å². The van der Waals surface area contributed by atoms with Gasteiger partial charge in [0.25, 0.3) is 0 Å². The minimum atomic E-state index is 0.483. The molecular weight excluding hydrogens is 238 g/mol. The molecule has 2 aromatic heterocycles. The van der Waals surface area contributed by atoms with Crippen molar-refractivity contribution in [1.82, 2.24) is 24.6 Å². The van der Waals surface area contributed by atoms with Crippen LogP contribution in [0.1, 0.15) is 32.7 Å². The summed E-state index contributed by atoms with van der Waals surface area (Å²) in [4.78, 5) is 4.34. The second kappa shape index (κ2) is 5.17. The lowest BCUT2D eigenvalue weighted by molar-refractivity contribution is 0.297. The Labute approximate surface area is 113 Å². The summed E-state index contributed by atoms with van der Waals surface area (Å²) < 4.78 is 4.25. The topological polar surface area (TPSA) is 47.7 Å². The molecule has 102 valence electrons.